The van der Waals surface area contributed by atoms with Gasteiger partial charge in [-0.2, -0.15) is 0 Å². The average molecular weight is 340 g/mol. The van der Waals surface area contributed by atoms with Crippen molar-refractivity contribution in [2.24, 2.45) is 0 Å². The van der Waals surface area contributed by atoms with Gasteiger partial charge in [-0.15, -0.1) is 0 Å². The molecule has 2 aromatic rings. The number of likely N-dealkylation sites (tertiary alicyclic amines) is 1. The molecule has 1 amide bonds. The Labute approximate surface area is 148 Å². The van der Waals surface area contributed by atoms with E-state index in [1.54, 1.807) is 18.3 Å². The van der Waals surface area contributed by atoms with Crippen molar-refractivity contribution < 1.29 is 9.53 Å². The summed E-state index contributed by atoms with van der Waals surface area (Å²) >= 11 is 0. The smallest absolute Gasteiger partial charge is 0.259 e. The Kier molecular flexibility index (Phi) is 5.48. The molecule has 6 heteroatoms. The quantitative estimate of drug-likeness (QED) is 0.906. The van der Waals surface area contributed by atoms with Crippen LogP contribution in [-0.2, 0) is 0 Å². The molecule has 25 heavy (non-hydrogen) atoms. The largest absolute Gasteiger partial charge is 0.477 e. The number of pyridine rings is 2. The first-order chi connectivity index (χ1) is 12.2. The molecule has 3 rings (SSSR count). The maximum atomic E-state index is 13.0. The van der Waals surface area contributed by atoms with Crippen molar-refractivity contribution in [3.8, 4) is 5.88 Å². The number of rotatable bonds is 5. The lowest BCUT2D eigenvalue weighted by molar-refractivity contribution is 0.0702. The van der Waals surface area contributed by atoms with Gasteiger partial charge in [0, 0.05) is 38.4 Å². The fourth-order valence-electron chi connectivity index (χ4n) is 3.25. The van der Waals surface area contributed by atoms with E-state index in [2.05, 4.69) is 21.4 Å². The molecule has 1 saturated heterocycles. The van der Waals surface area contributed by atoms with Crippen LogP contribution >= 0.6 is 0 Å². The zero-order valence-corrected chi connectivity index (χ0v) is 14.7. The van der Waals surface area contributed by atoms with Crippen LogP contribution in [0.25, 0.3) is 0 Å². The highest BCUT2D eigenvalue weighted by Crippen LogP contribution is 2.29. The molecule has 0 radical (unpaired) electrons. The molecule has 0 aromatic carbocycles. The van der Waals surface area contributed by atoms with Crippen molar-refractivity contribution in [3.05, 3.63) is 47.8 Å². The molecule has 3 heterocycles. The van der Waals surface area contributed by atoms with Crippen LogP contribution in [0, 0.1) is 0 Å². The molecule has 6 nitrogen and oxygen atoms in total. The minimum absolute atomic E-state index is 0.0100. The fraction of sp³-hybridized carbons (Fsp3) is 0.421. The monoisotopic (exact) mass is 340 g/mol. The summed E-state index contributed by atoms with van der Waals surface area (Å²) in [5.74, 6) is 1.58. The molecule has 1 N–H and O–H groups in total. The van der Waals surface area contributed by atoms with E-state index < -0.39 is 0 Å². The van der Waals surface area contributed by atoms with E-state index in [0.29, 0.717) is 30.5 Å². The van der Waals surface area contributed by atoms with E-state index in [0.717, 1.165) is 25.2 Å². The van der Waals surface area contributed by atoms with Gasteiger partial charge in [-0.1, -0.05) is 0 Å². The van der Waals surface area contributed by atoms with Crippen molar-refractivity contribution in [1.29, 1.82) is 0 Å². The van der Waals surface area contributed by atoms with Crippen LogP contribution in [0.1, 0.15) is 41.6 Å². The van der Waals surface area contributed by atoms with E-state index in [-0.39, 0.29) is 5.91 Å². The third kappa shape index (κ3) is 3.90. The highest BCUT2D eigenvalue weighted by atomic mass is 16.5. The maximum Gasteiger partial charge on any atom is 0.259 e. The molecule has 0 spiro atoms. The molecular formula is C19H24N4O2. The fourth-order valence-corrected chi connectivity index (χ4v) is 3.25. The number of ether oxygens (including phenoxy) is 1. The summed E-state index contributed by atoms with van der Waals surface area (Å²) in [5.41, 5.74) is 1.75. The van der Waals surface area contributed by atoms with E-state index in [1.807, 2.05) is 31.1 Å². The van der Waals surface area contributed by atoms with Crippen LogP contribution in [0.5, 0.6) is 5.88 Å². The second-order valence-electron chi connectivity index (χ2n) is 6.10. The summed E-state index contributed by atoms with van der Waals surface area (Å²) in [4.78, 5) is 23.4. The number of hydrogen-bond acceptors (Lipinski definition) is 5. The molecule has 0 aliphatic carbocycles. The number of piperidine rings is 1. The molecule has 1 atom stereocenters. The molecule has 1 aliphatic rings. The maximum absolute atomic E-state index is 13.0. The van der Waals surface area contributed by atoms with Gasteiger partial charge in [-0.25, -0.2) is 9.97 Å². The molecule has 2 aromatic heterocycles. The topological polar surface area (TPSA) is 67.3 Å². The Balaban J connectivity index is 1.78. The number of carbonyl (C=O) groups excluding carboxylic acids is 1. The van der Waals surface area contributed by atoms with E-state index in [9.17, 15) is 4.79 Å². The second-order valence-corrected chi connectivity index (χ2v) is 6.10. The Morgan fingerprint density at radius 1 is 1.36 bits per heavy atom. The first kappa shape index (κ1) is 17.2. The van der Waals surface area contributed by atoms with Crippen molar-refractivity contribution in [2.45, 2.75) is 25.7 Å². The SMILES string of the molecule is CCOc1ncccc1C(=O)N1CCC[C@@H](c2ccnc(NC)c2)C1. The molecule has 1 fully saturated rings. The highest BCUT2D eigenvalue weighted by molar-refractivity contribution is 5.96. The van der Waals surface area contributed by atoms with Crippen LogP contribution in [0.4, 0.5) is 5.82 Å². The summed E-state index contributed by atoms with van der Waals surface area (Å²) in [5, 5.41) is 3.07. The number of nitrogens with zero attached hydrogens (tertiary/aromatic N) is 3. The molecule has 0 bridgehead atoms. The zero-order chi connectivity index (χ0) is 17.6. The van der Waals surface area contributed by atoms with Gasteiger partial charge in [0.05, 0.1) is 6.61 Å². The van der Waals surface area contributed by atoms with Gasteiger partial charge in [0.25, 0.3) is 5.91 Å². The van der Waals surface area contributed by atoms with Crippen LogP contribution in [0.3, 0.4) is 0 Å². The predicted molar refractivity (Wildman–Crippen MR) is 97.1 cm³/mol. The second kappa shape index (κ2) is 7.96. The van der Waals surface area contributed by atoms with Crippen LogP contribution in [0.15, 0.2) is 36.7 Å². The third-order valence-electron chi connectivity index (χ3n) is 4.50. The Morgan fingerprint density at radius 2 is 2.24 bits per heavy atom. The average Bonchev–Trinajstić information content (AvgIpc) is 2.68. The van der Waals surface area contributed by atoms with Crippen LogP contribution < -0.4 is 10.1 Å². The number of carbonyl (C=O) groups is 1. The van der Waals surface area contributed by atoms with E-state index in [1.165, 1.54) is 5.56 Å². The molecule has 0 unspecified atom stereocenters. The van der Waals surface area contributed by atoms with Gasteiger partial charge in [0.15, 0.2) is 0 Å². The van der Waals surface area contributed by atoms with Gasteiger partial charge in [-0.05, 0) is 49.6 Å². The lowest BCUT2D eigenvalue weighted by Gasteiger charge is -2.33. The lowest BCUT2D eigenvalue weighted by Crippen LogP contribution is -2.39. The van der Waals surface area contributed by atoms with E-state index in [4.69, 9.17) is 4.74 Å². The summed E-state index contributed by atoms with van der Waals surface area (Å²) in [6.45, 7) is 3.85. The van der Waals surface area contributed by atoms with Crippen LogP contribution in [0.2, 0.25) is 0 Å². The summed E-state index contributed by atoms with van der Waals surface area (Å²) in [6, 6.07) is 7.66. The predicted octanol–water partition coefficient (Wildman–Crippen LogP) is 2.94. The number of anilines is 1. The van der Waals surface area contributed by atoms with Crippen molar-refractivity contribution in [3.63, 3.8) is 0 Å². The summed E-state index contributed by atoms with van der Waals surface area (Å²) in [7, 11) is 1.86. The number of nitrogens with one attached hydrogen (secondary N) is 1. The first-order valence-corrected chi connectivity index (χ1v) is 8.73. The Bertz CT molecular complexity index is 735. The first-order valence-electron chi connectivity index (χ1n) is 8.73. The van der Waals surface area contributed by atoms with Gasteiger partial charge in [0.1, 0.15) is 11.4 Å². The highest BCUT2D eigenvalue weighted by Gasteiger charge is 2.27. The number of hydrogen-bond donors (Lipinski definition) is 1. The molecule has 1 aliphatic heterocycles. The molecular weight excluding hydrogens is 316 g/mol. The van der Waals surface area contributed by atoms with Crippen molar-refractivity contribution in [2.75, 3.05) is 32.1 Å². The number of aromatic nitrogens is 2. The Morgan fingerprint density at radius 3 is 3.04 bits per heavy atom. The van der Waals surface area contributed by atoms with Gasteiger partial charge >= 0.3 is 0 Å². The zero-order valence-electron chi connectivity index (χ0n) is 14.7. The molecule has 0 saturated carbocycles. The number of amides is 1. The normalized spacial score (nSPS) is 17.2. The standard InChI is InChI=1S/C19H24N4O2/c1-3-25-18-16(7-4-9-22-18)19(24)23-11-5-6-15(13-23)14-8-10-21-17(12-14)20-2/h4,7-10,12,15H,3,5-6,11,13H2,1-2H3,(H,20,21)/t15-/m1/s1. The van der Waals surface area contributed by atoms with Crippen molar-refractivity contribution >= 4 is 11.7 Å². The third-order valence-corrected chi connectivity index (χ3v) is 4.50. The summed E-state index contributed by atoms with van der Waals surface area (Å²) < 4.78 is 5.52. The minimum Gasteiger partial charge on any atom is -0.477 e. The van der Waals surface area contributed by atoms with Gasteiger partial charge in [-0.3, -0.25) is 4.79 Å². The lowest BCUT2D eigenvalue weighted by atomic mass is 9.91. The minimum atomic E-state index is -0.0100. The van der Waals surface area contributed by atoms with Gasteiger partial charge < -0.3 is 15.0 Å². The Hall–Kier alpha value is -2.63. The van der Waals surface area contributed by atoms with Gasteiger partial charge in [0.2, 0.25) is 5.88 Å². The van der Waals surface area contributed by atoms with Crippen molar-refractivity contribution in [1.82, 2.24) is 14.9 Å². The summed E-state index contributed by atoms with van der Waals surface area (Å²) in [6.07, 6.45) is 5.52. The van der Waals surface area contributed by atoms with Crippen LogP contribution in [-0.4, -0.2) is 47.5 Å². The molecule has 132 valence electrons. The van der Waals surface area contributed by atoms with E-state index >= 15 is 0 Å².